The van der Waals surface area contributed by atoms with Gasteiger partial charge >= 0.3 is 0 Å². The molecule has 0 atom stereocenters. The molecule has 1 aliphatic rings. The standard InChI is InChI=1S/C16H20N2O2/c1-10-5-12-13(6-16(3,4)7-14(12)19)18(10)9-15-17-8-11(2)20-15/h5,8H,6-7,9H2,1-4H3. The number of rotatable bonds is 2. The average molecular weight is 272 g/mol. The third-order valence-electron chi connectivity index (χ3n) is 3.96. The Morgan fingerprint density at radius 1 is 1.35 bits per heavy atom. The van der Waals surface area contributed by atoms with E-state index in [1.54, 1.807) is 6.20 Å². The van der Waals surface area contributed by atoms with Gasteiger partial charge in [0.05, 0.1) is 12.7 Å². The van der Waals surface area contributed by atoms with Crippen LogP contribution in [0.4, 0.5) is 0 Å². The van der Waals surface area contributed by atoms with Gasteiger partial charge in [-0.1, -0.05) is 13.8 Å². The van der Waals surface area contributed by atoms with Crippen LogP contribution < -0.4 is 0 Å². The van der Waals surface area contributed by atoms with E-state index in [4.69, 9.17) is 4.42 Å². The molecular weight excluding hydrogens is 252 g/mol. The van der Waals surface area contributed by atoms with Gasteiger partial charge in [-0.15, -0.1) is 0 Å². The van der Waals surface area contributed by atoms with Crippen molar-refractivity contribution in [1.82, 2.24) is 9.55 Å². The summed E-state index contributed by atoms with van der Waals surface area (Å²) in [6.07, 6.45) is 3.28. The van der Waals surface area contributed by atoms with E-state index >= 15 is 0 Å². The molecule has 0 saturated carbocycles. The molecule has 2 aromatic rings. The zero-order valence-corrected chi connectivity index (χ0v) is 12.5. The predicted octanol–water partition coefficient (Wildman–Crippen LogP) is 3.30. The lowest BCUT2D eigenvalue weighted by Crippen LogP contribution is -2.28. The van der Waals surface area contributed by atoms with Crippen molar-refractivity contribution in [2.24, 2.45) is 5.41 Å². The molecule has 0 aromatic carbocycles. The number of oxazole rings is 1. The van der Waals surface area contributed by atoms with Gasteiger partial charge in [0.1, 0.15) is 5.76 Å². The van der Waals surface area contributed by atoms with Gasteiger partial charge < -0.3 is 8.98 Å². The molecule has 2 aromatic heterocycles. The molecule has 0 bridgehead atoms. The van der Waals surface area contributed by atoms with Crippen LogP contribution in [0.25, 0.3) is 0 Å². The zero-order valence-electron chi connectivity index (χ0n) is 12.5. The quantitative estimate of drug-likeness (QED) is 0.842. The summed E-state index contributed by atoms with van der Waals surface area (Å²) in [7, 11) is 0. The van der Waals surface area contributed by atoms with Crippen molar-refractivity contribution in [3.63, 3.8) is 0 Å². The predicted molar refractivity (Wildman–Crippen MR) is 75.9 cm³/mol. The summed E-state index contributed by atoms with van der Waals surface area (Å²) in [6, 6.07) is 2.00. The van der Waals surface area contributed by atoms with Crippen molar-refractivity contribution in [3.8, 4) is 0 Å². The monoisotopic (exact) mass is 272 g/mol. The number of hydrogen-bond donors (Lipinski definition) is 0. The van der Waals surface area contributed by atoms with Crippen molar-refractivity contribution >= 4 is 5.78 Å². The summed E-state index contributed by atoms with van der Waals surface area (Å²) in [6.45, 7) is 8.82. The Balaban J connectivity index is 2.02. The van der Waals surface area contributed by atoms with Gasteiger partial charge in [-0.2, -0.15) is 0 Å². The smallest absolute Gasteiger partial charge is 0.214 e. The normalized spacial score (nSPS) is 17.3. The van der Waals surface area contributed by atoms with E-state index in [1.807, 2.05) is 19.9 Å². The highest BCUT2D eigenvalue weighted by molar-refractivity contribution is 5.99. The Morgan fingerprint density at radius 3 is 2.75 bits per heavy atom. The third kappa shape index (κ3) is 2.19. The van der Waals surface area contributed by atoms with Crippen molar-refractivity contribution in [1.29, 1.82) is 0 Å². The molecule has 2 heterocycles. The molecule has 1 aliphatic carbocycles. The van der Waals surface area contributed by atoms with Gasteiger partial charge in [-0.05, 0) is 31.7 Å². The summed E-state index contributed by atoms with van der Waals surface area (Å²) in [5.74, 6) is 1.76. The average Bonchev–Trinajstić information content (AvgIpc) is 2.86. The summed E-state index contributed by atoms with van der Waals surface area (Å²) in [5.41, 5.74) is 3.13. The highest BCUT2D eigenvalue weighted by Crippen LogP contribution is 2.36. The molecule has 0 fully saturated rings. The number of carbonyl (C=O) groups excluding carboxylic acids is 1. The van der Waals surface area contributed by atoms with Gasteiger partial charge in [0.25, 0.3) is 0 Å². The number of aromatic nitrogens is 2. The molecule has 0 radical (unpaired) electrons. The summed E-state index contributed by atoms with van der Waals surface area (Å²) < 4.78 is 7.73. The van der Waals surface area contributed by atoms with E-state index in [0.717, 1.165) is 29.1 Å². The molecule has 106 valence electrons. The van der Waals surface area contributed by atoms with Gasteiger partial charge in [-0.25, -0.2) is 4.98 Å². The van der Waals surface area contributed by atoms with Crippen molar-refractivity contribution in [2.75, 3.05) is 0 Å². The Morgan fingerprint density at radius 2 is 2.10 bits per heavy atom. The molecule has 0 aliphatic heterocycles. The van der Waals surface area contributed by atoms with E-state index < -0.39 is 0 Å². The van der Waals surface area contributed by atoms with Crippen LogP contribution in [0.1, 0.15) is 53.7 Å². The second kappa shape index (κ2) is 4.33. The number of Topliss-reactive ketones (excluding diaryl/α,β-unsaturated/α-hetero) is 1. The maximum Gasteiger partial charge on any atom is 0.214 e. The fourth-order valence-corrected chi connectivity index (χ4v) is 3.04. The molecule has 0 N–H and O–H groups in total. The van der Waals surface area contributed by atoms with Crippen molar-refractivity contribution in [2.45, 2.75) is 47.1 Å². The molecule has 0 unspecified atom stereocenters. The Bertz CT molecular complexity index is 677. The maximum atomic E-state index is 12.3. The first-order valence-corrected chi connectivity index (χ1v) is 6.99. The van der Waals surface area contributed by atoms with Crippen LogP contribution >= 0.6 is 0 Å². The van der Waals surface area contributed by atoms with E-state index in [0.29, 0.717) is 18.9 Å². The van der Waals surface area contributed by atoms with E-state index in [9.17, 15) is 4.79 Å². The third-order valence-corrected chi connectivity index (χ3v) is 3.96. The molecular formula is C16H20N2O2. The minimum atomic E-state index is 0.0269. The Kier molecular flexibility index (Phi) is 2.85. The number of aryl methyl sites for hydroxylation is 2. The van der Waals surface area contributed by atoms with Crippen LogP contribution in [-0.2, 0) is 13.0 Å². The van der Waals surface area contributed by atoms with Crippen LogP contribution in [0.5, 0.6) is 0 Å². The molecule has 4 nitrogen and oxygen atoms in total. The number of nitrogens with zero attached hydrogens (tertiary/aromatic N) is 2. The fourth-order valence-electron chi connectivity index (χ4n) is 3.04. The van der Waals surface area contributed by atoms with E-state index in [2.05, 4.69) is 23.4 Å². The second-order valence-electron chi connectivity index (χ2n) is 6.54. The van der Waals surface area contributed by atoms with Crippen LogP contribution in [0.15, 0.2) is 16.7 Å². The number of fused-ring (bicyclic) bond motifs is 1. The lowest BCUT2D eigenvalue weighted by Gasteiger charge is -2.29. The van der Waals surface area contributed by atoms with Crippen LogP contribution in [-0.4, -0.2) is 15.3 Å². The summed E-state index contributed by atoms with van der Waals surface area (Å²) in [5, 5.41) is 0. The minimum absolute atomic E-state index is 0.0269. The molecule has 0 spiro atoms. The Labute approximate surface area is 118 Å². The van der Waals surface area contributed by atoms with Crippen molar-refractivity contribution in [3.05, 3.63) is 40.9 Å². The first-order chi connectivity index (χ1) is 9.35. The molecule has 20 heavy (non-hydrogen) atoms. The molecule has 0 saturated heterocycles. The second-order valence-corrected chi connectivity index (χ2v) is 6.54. The molecule has 3 rings (SSSR count). The van der Waals surface area contributed by atoms with Crippen LogP contribution in [0, 0.1) is 19.3 Å². The summed E-state index contributed by atoms with van der Waals surface area (Å²) in [4.78, 5) is 16.5. The van der Waals surface area contributed by atoms with Gasteiger partial charge in [0.2, 0.25) is 5.89 Å². The number of hydrogen-bond acceptors (Lipinski definition) is 3. The highest BCUT2D eigenvalue weighted by atomic mass is 16.4. The highest BCUT2D eigenvalue weighted by Gasteiger charge is 2.34. The largest absolute Gasteiger partial charge is 0.444 e. The van der Waals surface area contributed by atoms with Crippen molar-refractivity contribution < 1.29 is 9.21 Å². The zero-order chi connectivity index (χ0) is 14.5. The van der Waals surface area contributed by atoms with Gasteiger partial charge in [0.15, 0.2) is 5.78 Å². The van der Waals surface area contributed by atoms with E-state index in [-0.39, 0.29) is 11.2 Å². The van der Waals surface area contributed by atoms with Crippen LogP contribution in [0.2, 0.25) is 0 Å². The van der Waals surface area contributed by atoms with Gasteiger partial charge in [0, 0.05) is 23.4 Å². The lowest BCUT2D eigenvalue weighted by molar-refractivity contribution is 0.0910. The first-order valence-electron chi connectivity index (χ1n) is 6.99. The SMILES string of the molecule is Cc1cnc(Cn2c(C)cc3c2CC(C)(C)CC3=O)o1. The fraction of sp³-hybridized carbons (Fsp3) is 0.500. The first kappa shape index (κ1) is 13.2. The molecule has 4 heteroatoms. The van der Waals surface area contributed by atoms with Gasteiger partial charge in [-0.3, -0.25) is 4.79 Å². The lowest BCUT2D eigenvalue weighted by atomic mass is 9.76. The topological polar surface area (TPSA) is 48.0 Å². The Hall–Kier alpha value is -1.84. The number of ketones is 1. The van der Waals surface area contributed by atoms with E-state index in [1.165, 1.54) is 0 Å². The van der Waals surface area contributed by atoms with Crippen LogP contribution in [0.3, 0.4) is 0 Å². The maximum absolute atomic E-state index is 12.3. The minimum Gasteiger partial charge on any atom is -0.444 e. The molecule has 0 amide bonds. The number of carbonyl (C=O) groups is 1. The summed E-state index contributed by atoms with van der Waals surface area (Å²) >= 11 is 0.